The zero-order valence-corrected chi connectivity index (χ0v) is 18.8. The topological polar surface area (TPSA) is 112 Å². The molecular formula is C23H25N3O5S. The van der Waals surface area contributed by atoms with Gasteiger partial charge in [0.25, 0.3) is 5.56 Å². The fourth-order valence-corrected chi connectivity index (χ4v) is 5.81. The van der Waals surface area contributed by atoms with Crippen molar-refractivity contribution in [3.05, 3.63) is 47.0 Å². The number of H-pyrrole nitrogens is 1. The van der Waals surface area contributed by atoms with Gasteiger partial charge in [-0.25, -0.2) is 8.42 Å². The number of aryl methyl sites for hydroxylation is 1. The monoisotopic (exact) mass is 455 g/mol. The van der Waals surface area contributed by atoms with E-state index in [0.717, 1.165) is 41.5 Å². The van der Waals surface area contributed by atoms with Crippen LogP contribution >= 0.6 is 0 Å². The molecule has 1 saturated carbocycles. The molecule has 168 valence electrons. The number of carbonyl (C=O) groups is 1. The minimum atomic E-state index is -3.42. The second-order valence-electron chi connectivity index (χ2n) is 9.12. The number of pyridine rings is 1. The van der Waals surface area contributed by atoms with Gasteiger partial charge in [-0.05, 0) is 48.9 Å². The highest BCUT2D eigenvalue weighted by atomic mass is 32.2. The number of fused-ring (bicyclic) bond motifs is 1. The number of anilines is 1. The van der Waals surface area contributed by atoms with Gasteiger partial charge in [0.2, 0.25) is 0 Å². The summed E-state index contributed by atoms with van der Waals surface area (Å²) in [5.41, 5.74) is 2.64. The molecule has 2 aromatic heterocycles. The number of hydrogen-bond acceptors (Lipinski definition) is 5. The second kappa shape index (κ2) is 6.96. The first-order valence-corrected chi connectivity index (χ1v) is 12.5. The predicted molar refractivity (Wildman–Crippen MR) is 122 cm³/mol. The number of rotatable bonds is 4. The Morgan fingerprint density at radius 3 is 2.53 bits per heavy atom. The summed E-state index contributed by atoms with van der Waals surface area (Å²) in [7, 11) is -1.75. The van der Waals surface area contributed by atoms with E-state index in [1.54, 1.807) is 31.6 Å². The van der Waals surface area contributed by atoms with E-state index in [4.69, 9.17) is 0 Å². The van der Waals surface area contributed by atoms with E-state index < -0.39 is 15.8 Å². The number of carboxylic acids is 1. The molecule has 1 saturated heterocycles. The van der Waals surface area contributed by atoms with Gasteiger partial charge < -0.3 is 19.6 Å². The van der Waals surface area contributed by atoms with Gasteiger partial charge in [0.15, 0.2) is 9.84 Å². The Kier molecular flexibility index (Phi) is 4.53. The SMILES string of the molecule is Cn1cc(-c2cc(S(C)(=O)=O)ccc2N2CCC3(CC2)CC3C(=O)O)c2cc[nH]c2c1=O. The maximum absolute atomic E-state index is 12.5. The van der Waals surface area contributed by atoms with E-state index in [9.17, 15) is 23.1 Å². The number of piperidine rings is 1. The summed E-state index contributed by atoms with van der Waals surface area (Å²) in [4.78, 5) is 29.4. The lowest BCUT2D eigenvalue weighted by Gasteiger charge is -2.35. The van der Waals surface area contributed by atoms with Gasteiger partial charge in [-0.2, -0.15) is 0 Å². The number of benzene rings is 1. The molecule has 2 fully saturated rings. The van der Waals surface area contributed by atoms with Crippen molar-refractivity contribution < 1.29 is 18.3 Å². The molecule has 3 heterocycles. The molecule has 0 bridgehead atoms. The second-order valence-corrected chi connectivity index (χ2v) is 11.1. The fourth-order valence-electron chi connectivity index (χ4n) is 5.16. The zero-order chi connectivity index (χ0) is 22.8. The summed E-state index contributed by atoms with van der Waals surface area (Å²) in [6.07, 6.45) is 6.97. The van der Waals surface area contributed by atoms with Gasteiger partial charge >= 0.3 is 5.97 Å². The number of hydrogen-bond donors (Lipinski definition) is 2. The van der Waals surface area contributed by atoms with E-state index in [1.807, 2.05) is 12.1 Å². The van der Waals surface area contributed by atoms with Crippen LogP contribution in [0.5, 0.6) is 0 Å². The maximum Gasteiger partial charge on any atom is 0.307 e. The quantitative estimate of drug-likeness (QED) is 0.625. The third-order valence-electron chi connectivity index (χ3n) is 7.17. The lowest BCUT2D eigenvalue weighted by atomic mass is 9.90. The van der Waals surface area contributed by atoms with Crippen LogP contribution in [0.3, 0.4) is 0 Å². The lowest BCUT2D eigenvalue weighted by molar-refractivity contribution is -0.139. The molecule has 8 nitrogen and oxygen atoms in total. The van der Waals surface area contributed by atoms with Gasteiger partial charge in [0.1, 0.15) is 5.52 Å². The van der Waals surface area contributed by atoms with Crippen molar-refractivity contribution >= 4 is 32.4 Å². The first-order valence-electron chi connectivity index (χ1n) is 10.6. The van der Waals surface area contributed by atoms with Crippen molar-refractivity contribution in [1.82, 2.24) is 9.55 Å². The highest BCUT2D eigenvalue weighted by Gasteiger charge is 2.58. The van der Waals surface area contributed by atoms with Crippen LogP contribution in [-0.4, -0.2) is 48.4 Å². The zero-order valence-electron chi connectivity index (χ0n) is 18.0. The molecule has 3 aromatic rings. The molecule has 2 aliphatic rings. The molecule has 2 N–H and O–H groups in total. The van der Waals surface area contributed by atoms with Crippen molar-refractivity contribution in [2.75, 3.05) is 24.2 Å². The average molecular weight is 456 g/mol. The number of aliphatic carboxylic acids is 1. The third-order valence-corrected chi connectivity index (χ3v) is 8.28. The first-order chi connectivity index (χ1) is 15.1. The van der Waals surface area contributed by atoms with Crippen LogP contribution in [0.25, 0.3) is 22.0 Å². The number of sulfone groups is 1. The molecule has 9 heteroatoms. The van der Waals surface area contributed by atoms with Crippen molar-refractivity contribution in [1.29, 1.82) is 0 Å². The van der Waals surface area contributed by atoms with Gasteiger partial charge in [0, 0.05) is 61.0 Å². The number of aromatic nitrogens is 2. The van der Waals surface area contributed by atoms with Gasteiger partial charge in [-0.1, -0.05) is 0 Å². The smallest absolute Gasteiger partial charge is 0.307 e. The summed E-state index contributed by atoms with van der Waals surface area (Å²) < 4.78 is 26.1. The van der Waals surface area contributed by atoms with Gasteiger partial charge in [-0.3, -0.25) is 9.59 Å². The summed E-state index contributed by atoms with van der Waals surface area (Å²) in [5, 5.41) is 10.1. The van der Waals surface area contributed by atoms with Gasteiger partial charge in [-0.15, -0.1) is 0 Å². The van der Waals surface area contributed by atoms with Crippen LogP contribution in [0.15, 0.2) is 46.3 Å². The standard InChI is InChI=1S/C23H25N3O5S/c1-25-13-17(15-5-8-24-20(15)21(25)27)16-11-14(32(2,30)31)3-4-19(16)26-9-6-23(7-10-26)12-18(23)22(28)29/h3-5,8,11,13,18,24H,6-7,9-10,12H2,1-2H3,(H,28,29). The fraction of sp³-hybridized carbons (Fsp3) is 0.391. The Bertz CT molecular complexity index is 1410. The summed E-state index contributed by atoms with van der Waals surface area (Å²) >= 11 is 0. The third kappa shape index (κ3) is 3.23. The first kappa shape index (κ1) is 20.8. The largest absolute Gasteiger partial charge is 0.481 e. The summed E-state index contributed by atoms with van der Waals surface area (Å²) in [6.45, 7) is 1.41. The van der Waals surface area contributed by atoms with E-state index in [-0.39, 0.29) is 21.8 Å². The Labute approximate surface area is 185 Å². The highest BCUT2D eigenvalue weighted by molar-refractivity contribution is 7.90. The molecule has 1 unspecified atom stereocenters. The van der Waals surface area contributed by atoms with Crippen molar-refractivity contribution in [2.45, 2.75) is 24.2 Å². The van der Waals surface area contributed by atoms with E-state index in [0.29, 0.717) is 18.6 Å². The predicted octanol–water partition coefficient (Wildman–Crippen LogP) is 2.63. The van der Waals surface area contributed by atoms with Crippen LogP contribution in [-0.2, 0) is 21.7 Å². The average Bonchev–Trinajstić information content (AvgIpc) is 3.22. The Morgan fingerprint density at radius 1 is 1.19 bits per heavy atom. The lowest BCUT2D eigenvalue weighted by Crippen LogP contribution is -2.36. The molecule has 1 spiro atoms. The summed E-state index contributed by atoms with van der Waals surface area (Å²) in [5.74, 6) is -0.962. The molecule has 1 atom stereocenters. The number of aromatic amines is 1. The minimum absolute atomic E-state index is 0.0975. The molecule has 1 aliphatic heterocycles. The Hall–Kier alpha value is -3.07. The van der Waals surface area contributed by atoms with Crippen LogP contribution in [0.2, 0.25) is 0 Å². The molecule has 32 heavy (non-hydrogen) atoms. The van der Waals surface area contributed by atoms with Crippen molar-refractivity contribution in [3.8, 4) is 11.1 Å². The molecule has 5 rings (SSSR count). The summed E-state index contributed by atoms with van der Waals surface area (Å²) in [6, 6.07) is 6.95. The number of nitrogens with zero attached hydrogens (tertiary/aromatic N) is 2. The van der Waals surface area contributed by atoms with E-state index >= 15 is 0 Å². The highest BCUT2D eigenvalue weighted by Crippen LogP contribution is 2.59. The van der Waals surface area contributed by atoms with Crippen LogP contribution < -0.4 is 10.5 Å². The molecule has 0 amide bonds. The molecule has 1 aliphatic carbocycles. The maximum atomic E-state index is 12.5. The Morgan fingerprint density at radius 2 is 1.91 bits per heavy atom. The number of nitrogens with one attached hydrogen (secondary N) is 1. The van der Waals surface area contributed by atoms with Crippen molar-refractivity contribution in [2.24, 2.45) is 18.4 Å². The van der Waals surface area contributed by atoms with Crippen LogP contribution in [0, 0.1) is 11.3 Å². The van der Waals surface area contributed by atoms with Gasteiger partial charge in [0.05, 0.1) is 10.8 Å². The minimum Gasteiger partial charge on any atom is -0.481 e. The van der Waals surface area contributed by atoms with E-state index in [1.165, 1.54) is 10.8 Å². The number of carboxylic acid groups (broad SMARTS) is 1. The van der Waals surface area contributed by atoms with Crippen LogP contribution in [0.4, 0.5) is 5.69 Å². The van der Waals surface area contributed by atoms with E-state index in [2.05, 4.69) is 9.88 Å². The molecular weight excluding hydrogens is 430 g/mol. The Balaban J connectivity index is 1.61. The van der Waals surface area contributed by atoms with Crippen molar-refractivity contribution in [3.63, 3.8) is 0 Å². The normalized spacial score (nSPS) is 20.1. The molecule has 1 aromatic carbocycles. The van der Waals surface area contributed by atoms with Crippen LogP contribution in [0.1, 0.15) is 19.3 Å². The molecule has 0 radical (unpaired) electrons.